The Bertz CT molecular complexity index is 4590. The van der Waals surface area contributed by atoms with Gasteiger partial charge in [0.25, 0.3) is 0 Å². The number of hydrogen-bond acceptors (Lipinski definition) is 7. The van der Waals surface area contributed by atoms with E-state index in [0.29, 0.717) is 118 Å². The van der Waals surface area contributed by atoms with Gasteiger partial charge in [-0.05, 0) is 185 Å². The molecule has 0 aliphatic rings. The second-order valence-corrected chi connectivity index (χ2v) is 43.3. The molecule has 0 amide bonds. The van der Waals surface area contributed by atoms with Crippen molar-refractivity contribution in [3.05, 3.63) is 357 Å². The number of unbranched alkanes of at least 4 members (excludes halogenated alkanes) is 3. The van der Waals surface area contributed by atoms with E-state index in [2.05, 4.69) is 464 Å². The van der Waals surface area contributed by atoms with Gasteiger partial charge in [0.05, 0.1) is 66.1 Å². The maximum absolute atomic E-state index is 6.08. The maximum Gasteiger partial charge on any atom is 0.108 e. The van der Waals surface area contributed by atoms with Crippen LogP contribution in [0, 0.1) is 58.7 Å². The van der Waals surface area contributed by atoms with Gasteiger partial charge in [0.2, 0.25) is 0 Å². The maximum atomic E-state index is 6.08. The fourth-order valence-electron chi connectivity index (χ4n) is 16.8. The summed E-state index contributed by atoms with van der Waals surface area (Å²) in [6.45, 7) is 66.1. The van der Waals surface area contributed by atoms with E-state index < -0.39 is 0 Å². The molecule has 0 aliphatic carbocycles. The van der Waals surface area contributed by atoms with Gasteiger partial charge in [0.1, 0.15) is 13.2 Å². The molecule has 0 heterocycles. The standard InChI is InChI=1S/C29H44O2.C28H34O2.C26H38O3.2C22H30.6H2S/c1-24(2)27(25-16-10-8-11-17-25)22-30-20-14-6-7-15-21-31-23-28(29(3,4)5)26-18-12-9-13-19-26;1-23(2)27(25-15-9-7-10-16-25)21-29-19-13-5-6-14-20-30-22-28(24(3)4)26-17-11-8-12-18-26;1-21(2)25(23-11-7-5-8-12-23)19-28-17-15-27-16-18-29-20-26(22(3)4)24-13-9-6-10-14-24;1-21(2,3)19-13-9-7-11-17(19)15-16-18-12-8-10-14-20(18)22(4,5)6;1-21(2,3)19-13-9-17(10-14-19)7-8-18-11-15-20(16-12-18)22(4,5)6;;;;;;/h8-13,16-19,24,27-28H,6-7,14-15,20-23H2,1-5H3;7-12,15-18,23-24,27-28H,19-22H2,1-4H3;5-14,21-22,25-26H,15-20H2,1-4H3;7-14H,15-16H2,1-6H3;9-16H,7-8H2,1-6H3;6*1H2/t27-,28+;27-,28?;25-,26-;;;;;;;;/m000......../s1. The average Bonchev–Trinajstić information content (AvgIpc) is 0.812. The van der Waals surface area contributed by atoms with Crippen LogP contribution in [0.2, 0.25) is 0 Å². The van der Waals surface area contributed by atoms with Crippen molar-refractivity contribution in [2.24, 2.45) is 35.0 Å². The average molecular weight is 2020 g/mol. The van der Waals surface area contributed by atoms with Crippen LogP contribution in [0.1, 0.15) is 312 Å². The second kappa shape index (κ2) is 72.4. The lowest BCUT2D eigenvalue weighted by Gasteiger charge is -2.31. The molecule has 1 unspecified atom stereocenters. The zero-order valence-electron chi connectivity index (χ0n) is 90.8. The summed E-state index contributed by atoms with van der Waals surface area (Å²) >= 11 is 0. The third-order valence-electron chi connectivity index (χ3n) is 25.5. The predicted octanol–water partition coefficient (Wildman–Crippen LogP) is 32.5. The molecule has 0 radical (unpaired) electrons. The second-order valence-electron chi connectivity index (χ2n) is 43.3. The lowest BCUT2D eigenvalue weighted by Crippen LogP contribution is -2.23. The van der Waals surface area contributed by atoms with Gasteiger partial charge in [0, 0.05) is 48.7 Å². The van der Waals surface area contributed by atoms with Gasteiger partial charge in [-0.1, -0.05) is 477 Å². The quantitative estimate of drug-likeness (QED) is 0.0278. The van der Waals surface area contributed by atoms with Gasteiger partial charge in [-0.25, -0.2) is 0 Å². The molecule has 0 aromatic heterocycles. The number of aryl methyl sites for hydroxylation is 4. The number of benzene rings is 10. The lowest BCUT2D eigenvalue weighted by molar-refractivity contribution is 0.00556. The molecule has 0 saturated carbocycles. The summed E-state index contributed by atoms with van der Waals surface area (Å²) in [5.74, 6) is 16.9. The summed E-state index contributed by atoms with van der Waals surface area (Å²) in [6, 6.07) is 99.8. The molecule has 10 rings (SSSR count). The molecule has 13 heteroatoms. The minimum absolute atomic E-state index is 0. The molecule has 6 atom stereocenters. The van der Waals surface area contributed by atoms with Crippen molar-refractivity contribution in [3.8, 4) is 23.7 Å². The van der Waals surface area contributed by atoms with Gasteiger partial charge in [-0.2, -0.15) is 81.0 Å². The molecular weight excluding hydrogens is 1830 g/mol. The fourth-order valence-corrected chi connectivity index (χ4v) is 16.8. The van der Waals surface area contributed by atoms with E-state index in [-0.39, 0.29) is 108 Å². The van der Waals surface area contributed by atoms with Crippen molar-refractivity contribution in [1.29, 1.82) is 0 Å². The van der Waals surface area contributed by atoms with Crippen molar-refractivity contribution >= 4 is 81.0 Å². The van der Waals surface area contributed by atoms with Gasteiger partial charge < -0.3 is 33.2 Å². The fraction of sp³-hybridized carbons (Fsp3) is 0.496. The van der Waals surface area contributed by atoms with Crippen LogP contribution in [0.15, 0.2) is 279 Å². The Labute approximate surface area is 896 Å². The highest BCUT2D eigenvalue weighted by molar-refractivity contribution is 7.60. The minimum Gasteiger partial charge on any atom is -0.381 e. The molecule has 0 fully saturated rings. The Morgan fingerprint density at radius 3 is 0.714 bits per heavy atom. The Morgan fingerprint density at radius 2 is 0.457 bits per heavy atom. The highest BCUT2D eigenvalue weighted by atomic mass is 32.1. The summed E-state index contributed by atoms with van der Waals surface area (Å²) < 4.78 is 41.1. The monoisotopic (exact) mass is 2020 g/mol. The zero-order chi connectivity index (χ0) is 97.8. The molecule has 10 aromatic rings. The molecule has 0 aliphatic heterocycles. The van der Waals surface area contributed by atoms with Crippen LogP contribution < -0.4 is 0 Å². The van der Waals surface area contributed by atoms with Crippen LogP contribution in [0.25, 0.3) is 0 Å². The topological polar surface area (TPSA) is 64.6 Å². The zero-order valence-corrected chi connectivity index (χ0v) is 96.8. The van der Waals surface area contributed by atoms with E-state index in [4.69, 9.17) is 33.2 Å². The van der Waals surface area contributed by atoms with Gasteiger partial charge in [-0.3, -0.25) is 0 Å². The van der Waals surface area contributed by atoms with Gasteiger partial charge in [0.15, 0.2) is 0 Å². The molecule has 0 spiro atoms. The highest BCUT2D eigenvalue weighted by Crippen LogP contribution is 2.37. The third-order valence-corrected chi connectivity index (χ3v) is 25.5. The van der Waals surface area contributed by atoms with Crippen LogP contribution in [-0.2, 0) is 80.5 Å². The van der Waals surface area contributed by atoms with Gasteiger partial charge >= 0.3 is 0 Å². The van der Waals surface area contributed by atoms with Crippen LogP contribution >= 0.6 is 81.0 Å². The first-order valence-electron chi connectivity index (χ1n) is 50.6. The molecule has 0 saturated heterocycles. The Hall–Kier alpha value is -6.86. The van der Waals surface area contributed by atoms with Crippen LogP contribution in [0.5, 0.6) is 0 Å². The smallest absolute Gasteiger partial charge is 0.108 e. The van der Waals surface area contributed by atoms with E-state index in [0.717, 1.165) is 78.2 Å². The third kappa shape index (κ3) is 52.8. The lowest BCUT2D eigenvalue weighted by atomic mass is 9.77. The number of rotatable bonds is 44. The molecule has 774 valence electrons. The Balaban J connectivity index is 0.00000172. The van der Waals surface area contributed by atoms with Crippen molar-refractivity contribution < 1.29 is 33.2 Å². The van der Waals surface area contributed by atoms with Crippen molar-refractivity contribution in [2.75, 3.05) is 92.5 Å². The van der Waals surface area contributed by atoms with Gasteiger partial charge in [-0.15, -0.1) is 0 Å². The Morgan fingerprint density at radius 1 is 0.221 bits per heavy atom. The van der Waals surface area contributed by atoms with E-state index in [1.54, 1.807) is 0 Å². The van der Waals surface area contributed by atoms with Crippen LogP contribution in [0.3, 0.4) is 0 Å². The Kier molecular flexibility index (Phi) is 68.9. The summed E-state index contributed by atoms with van der Waals surface area (Å²) in [5, 5.41) is 0. The van der Waals surface area contributed by atoms with Crippen LogP contribution in [0.4, 0.5) is 0 Å². The predicted molar refractivity (Wildman–Crippen MR) is 636 cm³/mol. The largest absolute Gasteiger partial charge is 0.381 e. The first kappa shape index (κ1) is 133. The highest BCUT2D eigenvalue weighted by Gasteiger charge is 2.28. The summed E-state index contributed by atoms with van der Waals surface area (Å²) in [6.07, 6.45) is 9.13. The van der Waals surface area contributed by atoms with Crippen LogP contribution in [-0.4, -0.2) is 92.5 Å². The molecule has 7 nitrogen and oxygen atoms in total. The minimum atomic E-state index is 0. The molecule has 10 aromatic carbocycles. The molecular formula is C127H188O7S6. The van der Waals surface area contributed by atoms with Crippen molar-refractivity contribution in [3.63, 3.8) is 0 Å². The number of hydrogen-bond donors (Lipinski definition) is 0. The summed E-state index contributed by atoms with van der Waals surface area (Å²) in [4.78, 5) is 0. The first-order valence-corrected chi connectivity index (χ1v) is 50.6. The molecule has 0 N–H and O–H groups in total. The number of ether oxygens (including phenoxy) is 7. The van der Waals surface area contributed by atoms with Crippen molar-refractivity contribution in [1.82, 2.24) is 0 Å². The summed E-state index contributed by atoms with van der Waals surface area (Å²) in [7, 11) is 0. The summed E-state index contributed by atoms with van der Waals surface area (Å²) in [5.41, 5.74) is 20.8. The van der Waals surface area contributed by atoms with E-state index in [9.17, 15) is 0 Å². The molecule has 140 heavy (non-hydrogen) atoms. The molecule has 0 bridgehead atoms. The van der Waals surface area contributed by atoms with E-state index in [1.165, 1.54) is 90.7 Å². The van der Waals surface area contributed by atoms with Crippen molar-refractivity contribution in [2.45, 2.75) is 282 Å². The SMILES string of the molecule is CC(C)(C)c1ccc(CCc2ccc(C(C)(C)C)cc2)cc1.CC(C)(C)c1ccccc1CCc1ccccc1C(C)(C)C.CC(C)C(COCC#CC#CCOC[C@H](c1ccccc1)C(C)C)c1ccccc1.CC(C)[C@H](COCCCCCCOC[C@H](c1ccccc1)C(C)(C)C)c1ccccc1.CC(C)[C@H](COCCOCCOC[C@H](c1ccccc1)C(C)C)c1ccccc1.S.S.S.S.S.S. The first-order chi connectivity index (χ1) is 63.9. The van der Waals surface area contributed by atoms with E-state index >= 15 is 0 Å². The van der Waals surface area contributed by atoms with E-state index in [1.807, 2.05) is 12.1 Å². The normalized spacial score (nSPS) is 12.6.